The molecule has 2 N–H and O–H groups in total. The minimum absolute atomic E-state index is 0.0140. The van der Waals surface area contributed by atoms with Crippen LogP contribution in [-0.4, -0.2) is 82.7 Å². The number of hydrogen-bond acceptors (Lipinski definition) is 8. The topological polar surface area (TPSA) is 126 Å². The minimum atomic E-state index is -0.534. The second kappa shape index (κ2) is 11.7. The fourth-order valence-electron chi connectivity index (χ4n) is 6.08. The van der Waals surface area contributed by atoms with Crippen LogP contribution in [0.2, 0.25) is 0 Å². The highest BCUT2D eigenvalue weighted by molar-refractivity contribution is 5.97. The van der Waals surface area contributed by atoms with Crippen molar-refractivity contribution in [3.8, 4) is 16.9 Å². The molecule has 11 heteroatoms. The fourth-order valence-corrected chi connectivity index (χ4v) is 6.08. The lowest BCUT2D eigenvalue weighted by molar-refractivity contribution is -0.129. The lowest BCUT2D eigenvalue weighted by atomic mass is 9.84. The molecule has 0 aliphatic carbocycles. The van der Waals surface area contributed by atoms with Crippen LogP contribution in [0.5, 0.6) is 5.75 Å². The molecule has 0 spiro atoms. The smallest absolute Gasteiger partial charge is 0.410 e. The summed E-state index contributed by atoms with van der Waals surface area (Å²) in [4.78, 5) is 51.4. The van der Waals surface area contributed by atoms with Gasteiger partial charge in [0.2, 0.25) is 11.9 Å². The first-order valence-electron chi connectivity index (χ1n) is 15.2. The molecule has 0 saturated carbocycles. The van der Waals surface area contributed by atoms with E-state index in [2.05, 4.69) is 27.5 Å². The van der Waals surface area contributed by atoms with Gasteiger partial charge in [-0.25, -0.2) is 14.8 Å². The number of ether oxygens (including phenoxy) is 2. The Morgan fingerprint density at radius 2 is 1.79 bits per heavy atom. The van der Waals surface area contributed by atoms with Crippen molar-refractivity contribution in [3.05, 3.63) is 35.7 Å². The van der Waals surface area contributed by atoms with E-state index < -0.39 is 11.2 Å². The minimum Gasteiger partial charge on any atom is -0.487 e. The van der Waals surface area contributed by atoms with Gasteiger partial charge in [-0.15, -0.1) is 0 Å². The van der Waals surface area contributed by atoms with Gasteiger partial charge in [0, 0.05) is 74.3 Å². The number of amides is 3. The highest BCUT2D eigenvalue weighted by atomic mass is 16.6. The summed E-state index contributed by atoms with van der Waals surface area (Å²) >= 11 is 0. The maximum atomic E-state index is 13.4. The van der Waals surface area contributed by atoms with E-state index in [1.807, 2.05) is 58.6 Å². The number of nitrogens with one attached hydrogen (secondary N) is 2. The Kier molecular flexibility index (Phi) is 8.28. The zero-order chi connectivity index (χ0) is 31.1. The predicted molar refractivity (Wildman–Crippen MR) is 163 cm³/mol. The molecule has 3 atom stereocenters. The summed E-state index contributed by atoms with van der Waals surface area (Å²) in [5, 5.41) is 5.99. The maximum Gasteiger partial charge on any atom is 0.410 e. The quantitative estimate of drug-likeness (QED) is 0.537. The molecule has 43 heavy (non-hydrogen) atoms. The summed E-state index contributed by atoms with van der Waals surface area (Å²) in [6.07, 6.45) is 4.75. The molecular weight excluding hydrogens is 548 g/mol. The number of fused-ring (bicyclic) bond motifs is 1. The van der Waals surface area contributed by atoms with E-state index in [1.54, 1.807) is 17.3 Å². The van der Waals surface area contributed by atoms with E-state index in [4.69, 9.17) is 9.47 Å². The molecule has 1 aromatic heterocycles. The first-order valence-corrected chi connectivity index (χ1v) is 15.2. The van der Waals surface area contributed by atoms with Crippen molar-refractivity contribution in [2.24, 2.45) is 11.8 Å². The first kappa shape index (κ1) is 30.6. The number of benzene rings is 1. The molecule has 2 aromatic rings. The monoisotopic (exact) mass is 592 g/mol. The summed E-state index contributed by atoms with van der Waals surface area (Å²) < 4.78 is 11.8. The highest BCUT2D eigenvalue weighted by Gasteiger charge is 2.35. The summed E-state index contributed by atoms with van der Waals surface area (Å²) in [6, 6.07) is 3.85. The average molecular weight is 593 g/mol. The molecule has 4 heterocycles. The Morgan fingerprint density at radius 1 is 1.12 bits per heavy atom. The van der Waals surface area contributed by atoms with Crippen LogP contribution in [0.15, 0.2) is 24.5 Å². The first-order chi connectivity index (χ1) is 20.2. The molecule has 3 amide bonds. The van der Waals surface area contributed by atoms with Gasteiger partial charge in [0.05, 0.1) is 5.92 Å². The van der Waals surface area contributed by atoms with Crippen molar-refractivity contribution in [1.82, 2.24) is 25.5 Å². The van der Waals surface area contributed by atoms with Crippen LogP contribution < -0.4 is 20.3 Å². The van der Waals surface area contributed by atoms with Crippen molar-refractivity contribution in [3.63, 3.8) is 0 Å². The normalized spacial score (nSPS) is 23.2. The van der Waals surface area contributed by atoms with Crippen molar-refractivity contribution in [1.29, 1.82) is 0 Å². The van der Waals surface area contributed by atoms with E-state index in [0.29, 0.717) is 44.1 Å². The maximum absolute atomic E-state index is 13.4. The van der Waals surface area contributed by atoms with Crippen LogP contribution in [0.3, 0.4) is 0 Å². The number of hydrogen-bond donors (Lipinski definition) is 2. The fraction of sp³-hybridized carbons (Fsp3) is 0.594. The number of nitrogens with zero attached hydrogens (tertiary/aromatic N) is 4. The molecule has 3 aliphatic rings. The second-order valence-corrected chi connectivity index (χ2v) is 13.7. The largest absolute Gasteiger partial charge is 0.487 e. The molecule has 1 aromatic carbocycles. The summed E-state index contributed by atoms with van der Waals surface area (Å²) in [5.74, 6) is 0.993. The van der Waals surface area contributed by atoms with E-state index >= 15 is 0 Å². The van der Waals surface area contributed by atoms with Gasteiger partial charge in [-0.3, -0.25) is 9.59 Å². The zero-order valence-electron chi connectivity index (χ0n) is 26.3. The molecule has 3 unspecified atom stereocenters. The van der Waals surface area contributed by atoms with Crippen LogP contribution in [0.25, 0.3) is 11.1 Å². The van der Waals surface area contributed by atoms with Gasteiger partial charge in [-0.2, -0.15) is 0 Å². The van der Waals surface area contributed by atoms with E-state index in [1.165, 1.54) is 0 Å². The third-order valence-electron chi connectivity index (χ3n) is 8.21. The molecule has 2 saturated heterocycles. The van der Waals surface area contributed by atoms with Gasteiger partial charge in [-0.05, 0) is 71.6 Å². The third-order valence-corrected chi connectivity index (χ3v) is 8.21. The van der Waals surface area contributed by atoms with Crippen molar-refractivity contribution >= 4 is 23.9 Å². The Morgan fingerprint density at radius 3 is 2.42 bits per heavy atom. The average Bonchev–Trinajstić information content (AvgIpc) is 3.25. The van der Waals surface area contributed by atoms with Gasteiger partial charge < -0.3 is 29.9 Å². The van der Waals surface area contributed by atoms with Crippen LogP contribution >= 0.6 is 0 Å². The molecule has 3 aliphatic heterocycles. The Bertz CT molecular complexity index is 1380. The molecule has 232 valence electrons. The highest BCUT2D eigenvalue weighted by Crippen LogP contribution is 2.43. The predicted octanol–water partition coefficient (Wildman–Crippen LogP) is 3.80. The Labute approximate surface area is 253 Å². The zero-order valence-corrected chi connectivity index (χ0v) is 26.3. The number of piperazine rings is 1. The van der Waals surface area contributed by atoms with Crippen molar-refractivity contribution < 1.29 is 23.9 Å². The van der Waals surface area contributed by atoms with Crippen molar-refractivity contribution in [2.45, 2.75) is 78.6 Å². The van der Waals surface area contributed by atoms with Crippen LogP contribution in [-0.2, 0) is 16.0 Å². The standard InChI is InChI=1S/C32H44N6O5/c1-19-12-20(2)36-28(40)25(19)18-33-27(39)21-13-22-15-32(6,7)42-26(22)24(14-21)23-16-34-29(35-17-23)37-8-10-38(11-9-37)30(41)43-31(3,4)5/h13-14,16-17,19-20,25H,8-12,15,18H2,1-7H3,(H,33,39)(H,36,40). The molecule has 0 radical (unpaired) electrons. The number of rotatable bonds is 5. The number of aromatic nitrogens is 2. The van der Waals surface area contributed by atoms with Crippen LogP contribution in [0.1, 0.15) is 70.8 Å². The van der Waals surface area contributed by atoms with Gasteiger partial charge in [-0.1, -0.05) is 6.92 Å². The molecular formula is C32H44N6O5. The van der Waals surface area contributed by atoms with E-state index in [0.717, 1.165) is 28.9 Å². The summed E-state index contributed by atoms with van der Waals surface area (Å²) in [7, 11) is 0. The Balaban J connectivity index is 1.30. The number of carbonyl (C=O) groups is 3. The van der Waals surface area contributed by atoms with Crippen LogP contribution in [0.4, 0.5) is 10.7 Å². The van der Waals surface area contributed by atoms with E-state index in [9.17, 15) is 14.4 Å². The molecule has 11 nitrogen and oxygen atoms in total. The number of anilines is 1. The summed E-state index contributed by atoms with van der Waals surface area (Å²) in [5.41, 5.74) is 2.02. The van der Waals surface area contributed by atoms with Crippen LogP contribution in [0, 0.1) is 11.8 Å². The number of piperidine rings is 1. The molecule has 2 fully saturated rings. The molecule has 5 rings (SSSR count). The SMILES string of the molecule is CC1CC(C)C(CNC(=O)c2cc3c(c(-c4cnc(N5CCN(C(=O)OC(C)(C)C)CC5)nc4)c2)OC(C)(C)C3)C(=O)N1. The lowest BCUT2D eigenvalue weighted by Gasteiger charge is -2.35. The van der Waals surface area contributed by atoms with Gasteiger partial charge >= 0.3 is 6.09 Å². The van der Waals surface area contributed by atoms with E-state index in [-0.39, 0.29) is 42.3 Å². The number of carbonyl (C=O) groups excluding carboxylic acids is 3. The summed E-state index contributed by atoms with van der Waals surface area (Å²) in [6.45, 7) is 16.2. The van der Waals surface area contributed by atoms with Gasteiger partial charge in [0.25, 0.3) is 5.91 Å². The lowest BCUT2D eigenvalue weighted by Crippen LogP contribution is -2.50. The second-order valence-electron chi connectivity index (χ2n) is 13.7. The van der Waals surface area contributed by atoms with Gasteiger partial charge in [0.15, 0.2) is 0 Å². The van der Waals surface area contributed by atoms with Crippen molar-refractivity contribution in [2.75, 3.05) is 37.6 Å². The van der Waals surface area contributed by atoms with Gasteiger partial charge in [0.1, 0.15) is 17.0 Å². The molecule has 0 bridgehead atoms. The third kappa shape index (κ3) is 7.02. The Hall–Kier alpha value is -3.89.